The van der Waals surface area contributed by atoms with Crippen molar-refractivity contribution < 1.29 is 0 Å². The molecule has 0 fully saturated rings. The minimum Gasteiger partial charge on any atom is -0.323 e. The molecule has 0 spiro atoms. The Bertz CT molecular complexity index is 268. The van der Waals surface area contributed by atoms with E-state index in [2.05, 4.69) is 13.8 Å². The summed E-state index contributed by atoms with van der Waals surface area (Å²) in [4.78, 5) is 1.16. The van der Waals surface area contributed by atoms with E-state index in [4.69, 9.17) is 17.2 Å². The van der Waals surface area contributed by atoms with E-state index in [0.717, 1.165) is 10.4 Å². The standard InChI is InChI=1S/C9H17N3S/c1-5(2)8(10)7-3-6(4-13-7)9(11)12/h3-5,8-9H,10-12H2,1-2H3. The second-order valence-corrected chi connectivity index (χ2v) is 4.52. The smallest absolute Gasteiger partial charge is 0.0792 e. The van der Waals surface area contributed by atoms with Gasteiger partial charge in [0, 0.05) is 10.9 Å². The summed E-state index contributed by atoms with van der Waals surface area (Å²) in [6.45, 7) is 4.21. The van der Waals surface area contributed by atoms with Gasteiger partial charge in [0.1, 0.15) is 0 Å². The Morgan fingerprint density at radius 1 is 1.23 bits per heavy atom. The van der Waals surface area contributed by atoms with Crippen LogP contribution >= 0.6 is 11.3 Å². The molecule has 13 heavy (non-hydrogen) atoms. The molecule has 0 radical (unpaired) electrons. The van der Waals surface area contributed by atoms with E-state index in [1.54, 1.807) is 11.3 Å². The van der Waals surface area contributed by atoms with Crippen LogP contribution in [-0.4, -0.2) is 0 Å². The molecule has 0 amide bonds. The molecule has 74 valence electrons. The zero-order chi connectivity index (χ0) is 10.0. The third-order valence-electron chi connectivity index (χ3n) is 2.07. The van der Waals surface area contributed by atoms with Crippen LogP contribution in [0.1, 0.15) is 36.5 Å². The van der Waals surface area contributed by atoms with Crippen molar-refractivity contribution in [1.82, 2.24) is 0 Å². The van der Waals surface area contributed by atoms with Crippen molar-refractivity contribution in [3.63, 3.8) is 0 Å². The van der Waals surface area contributed by atoms with Crippen LogP contribution in [0.3, 0.4) is 0 Å². The largest absolute Gasteiger partial charge is 0.323 e. The number of hydrogen-bond donors (Lipinski definition) is 3. The second-order valence-electron chi connectivity index (χ2n) is 3.58. The Kier molecular flexibility index (Phi) is 3.44. The normalized spacial score (nSPS) is 14.1. The van der Waals surface area contributed by atoms with Crippen molar-refractivity contribution >= 4 is 11.3 Å². The molecule has 0 bridgehead atoms. The number of rotatable bonds is 3. The lowest BCUT2D eigenvalue weighted by molar-refractivity contribution is 0.521. The van der Waals surface area contributed by atoms with E-state index in [1.165, 1.54) is 0 Å². The highest BCUT2D eigenvalue weighted by Crippen LogP contribution is 2.26. The van der Waals surface area contributed by atoms with Crippen LogP contribution in [0.4, 0.5) is 0 Å². The van der Waals surface area contributed by atoms with Crippen LogP contribution in [0.5, 0.6) is 0 Å². The molecule has 1 aromatic heterocycles. The summed E-state index contributed by atoms with van der Waals surface area (Å²) in [5.41, 5.74) is 18.0. The van der Waals surface area contributed by atoms with Gasteiger partial charge in [-0.05, 0) is 22.9 Å². The van der Waals surface area contributed by atoms with Crippen molar-refractivity contribution in [1.29, 1.82) is 0 Å². The van der Waals surface area contributed by atoms with E-state index in [9.17, 15) is 0 Å². The molecule has 1 heterocycles. The van der Waals surface area contributed by atoms with Gasteiger partial charge in [-0.1, -0.05) is 13.8 Å². The summed E-state index contributed by atoms with van der Waals surface area (Å²) in [6.07, 6.45) is -0.385. The monoisotopic (exact) mass is 199 g/mol. The summed E-state index contributed by atoms with van der Waals surface area (Å²) in [6, 6.07) is 2.09. The molecule has 1 rings (SSSR count). The van der Waals surface area contributed by atoms with Gasteiger partial charge in [-0.3, -0.25) is 0 Å². The van der Waals surface area contributed by atoms with Gasteiger partial charge in [-0.2, -0.15) is 0 Å². The number of thiophene rings is 1. The topological polar surface area (TPSA) is 78.1 Å². The van der Waals surface area contributed by atoms with E-state index in [0.29, 0.717) is 5.92 Å². The van der Waals surface area contributed by atoms with Crippen molar-refractivity contribution in [3.8, 4) is 0 Å². The zero-order valence-corrected chi connectivity index (χ0v) is 8.84. The third kappa shape index (κ3) is 2.51. The average Bonchev–Trinajstić information content (AvgIpc) is 2.50. The first-order valence-corrected chi connectivity index (χ1v) is 5.25. The SMILES string of the molecule is CC(C)C(N)c1cc(C(N)N)cs1. The van der Waals surface area contributed by atoms with E-state index >= 15 is 0 Å². The van der Waals surface area contributed by atoms with Crippen LogP contribution in [0, 0.1) is 5.92 Å². The molecular weight excluding hydrogens is 182 g/mol. The third-order valence-corrected chi connectivity index (χ3v) is 3.12. The molecule has 4 heteroatoms. The highest BCUT2D eigenvalue weighted by Gasteiger charge is 2.13. The maximum atomic E-state index is 5.98. The Balaban J connectivity index is 2.79. The molecular formula is C9H17N3S. The second kappa shape index (κ2) is 4.19. The molecule has 0 aliphatic rings. The van der Waals surface area contributed by atoms with Gasteiger partial charge >= 0.3 is 0 Å². The zero-order valence-electron chi connectivity index (χ0n) is 8.03. The summed E-state index contributed by atoms with van der Waals surface area (Å²) in [7, 11) is 0. The lowest BCUT2D eigenvalue weighted by Gasteiger charge is -2.12. The molecule has 0 aromatic carbocycles. The minimum absolute atomic E-state index is 0.0949. The number of nitrogens with two attached hydrogens (primary N) is 3. The van der Waals surface area contributed by atoms with Gasteiger partial charge in [0.15, 0.2) is 0 Å². The fourth-order valence-electron chi connectivity index (χ4n) is 1.05. The van der Waals surface area contributed by atoms with Gasteiger partial charge in [0.05, 0.1) is 6.17 Å². The van der Waals surface area contributed by atoms with Crippen LogP contribution in [-0.2, 0) is 0 Å². The molecule has 6 N–H and O–H groups in total. The minimum atomic E-state index is -0.385. The molecule has 0 saturated carbocycles. The first-order chi connectivity index (χ1) is 6.02. The van der Waals surface area contributed by atoms with Gasteiger partial charge in [0.2, 0.25) is 0 Å². The van der Waals surface area contributed by atoms with E-state index in [1.807, 2.05) is 11.4 Å². The van der Waals surface area contributed by atoms with Crippen molar-refractivity contribution in [3.05, 3.63) is 21.9 Å². The summed E-state index contributed by atoms with van der Waals surface area (Å²) in [5.74, 6) is 0.445. The van der Waals surface area contributed by atoms with Crippen LogP contribution in [0.15, 0.2) is 11.4 Å². The first kappa shape index (κ1) is 10.7. The van der Waals surface area contributed by atoms with Crippen molar-refractivity contribution in [2.75, 3.05) is 0 Å². The molecule has 3 nitrogen and oxygen atoms in total. The Labute approximate surface area is 82.9 Å². The van der Waals surface area contributed by atoms with Crippen LogP contribution in [0.25, 0.3) is 0 Å². The van der Waals surface area contributed by atoms with E-state index in [-0.39, 0.29) is 12.2 Å². The lowest BCUT2D eigenvalue weighted by atomic mass is 10.0. The first-order valence-electron chi connectivity index (χ1n) is 4.37. The maximum Gasteiger partial charge on any atom is 0.0792 e. The predicted molar refractivity (Wildman–Crippen MR) is 57.2 cm³/mol. The Hall–Kier alpha value is -0.420. The molecule has 0 saturated heterocycles. The van der Waals surface area contributed by atoms with Gasteiger partial charge in [-0.15, -0.1) is 11.3 Å². The van der Waals surface area contributed by atoms with Gasteiger partial charge in [0.25, 0.3) is 0 Å². The Morgan fingerprint density at radius 2 is 1.85 bits per heavy atom. The molecule has 0 aliphatic heterocycles. The van der Waals surface area contributed by atoms with Crippen molar-refractivity contribution in [2.45, 2.75) is 26.1 Å². The number of hydrogen-bond acceptors (Lipinski definition) is 4. The average molecular weight is 199 g/mol. The lowest BCUT2D eigenvalue weighted by Crippen LogP contribution is -2.19. The quantitative estimate of drug-likeness (QED) is 0.642. The summed E-state index contributed by atoms with van der Waals surface area (Å²) in [5, 5.41) is 1.97. The molecule has 0 aliphatic carbocycles. The fourth-order valence-corrected chi connectivity index (χ4v) is 2.18. The highest BCUT2D eigenvalue weighted by atomic mass is 32.1. The van der Waals surface area contributed by atoms with Crippen LogP contribution < -0.4 is 17.2 Å². The van der Waals surface area contributed by atoms with Gasteiger partial charge in [-0.25, -0.2) is 0 Å². The predicted octanol–water partition coefficient (Wildman–Crippen LogP) is 1.32. The Morgan fingerprint density at radius 3 is 2.23 bits per heavy atom. The molecule has 1 aromatic rings. The highest BCUT2D eigenvalue weighted by molar-refractivity contribution is 7.10. The molecule has 1 unspecified atom stereocenters. The summed E-state index contributed by atoms with van der Waals surface area (Å²) >= 11 is 1.63. The molecule has 1 atom stereocenters. The fraction of sp³-hybridized carbons (Fsp3) is 0.556. The summed E-state index contributed by atoms with van der Waals surface area (Å²) < 4.78 is 0. The maximum absolute atomic E-state index is 5.98. The van der Waals surface area contributed by atoms with Gasteiger partial charge < -0.3 is 17.2 Å². The van der Waals surface area contributed by atoms with Crippen LogP contribution in [0.2, 0.25) is 0 Å². The van der Waals surface area contributed by atoms with Crippen molar-refractivity contribution in [2.24, 2.45) is 23.1 Å². The van der Waals surface area contributed by atoms with E-state index < -0.39 is 0 Å².